The van der Waals surface area contributed by atoms with Crippen LogP contribution in [0.2, 0.25) is 0 Å². The number of rotatable bonds is 8. The molecule has 0 spiro atoms. The molecule has 1 amide bonds. The van der Waals surface area contributed by atoms with Crippen molar-refractivity contribution < 1.29 is 14.7 Å². The van der Waals surface area contributed by atoms with E-state index in [0.29, 0.717) is 13.0 Å². The van der Waals surface area contributed by atoms with Crippen LogP contribution in [0, 0.1) is 6.92 Å². The van der Waals surface area contributed by atoms with Crippen molar-refractivity contribution in [3.8, 4) is 11.1 Å². The molecule has 0 aliphatic rings. The molecule has 122 valence electrons. The summed E-state index contributed by atoms with van der Waals surface area (Å²) >= 11 is 1.44. The molecule has 0 aliphatic carbocycles. The van der Waals surface area contributed by atoms with Crippen LogP contribution >= 0.6 is 11.3 Å². The lowest BCUT2D eigenvalue weighted by Crippen LogP contribution is -2.24. The number of carbonyl (C=O) groups is 2. The van der Waals surface area contributed by atoms with Gasteiger partial charge in [0.2, 0.25) is 0 Å². The third-order valence-electron chi connectivity index (χ3n) is 3.59. The predicted octanol–water partition coefficient (Wildman–Crippen LogP) is 4.10. The largest absolute Gasteiger partial charge is 0.481 e. The van der Waals surface area contributed by atoms with Crippen LogP contribution in [-0.2, 0) is 4.79 Å². The van der Waals surface area contributed by atoms with E-state index < -0.39 is 5.97 Å². The molecule has 0 saturated heterocycles. The van der Waals surface area contributed by atoms with Crippen molar-refractivity contribution in [2.45, 2.75) is 32.6 Å². The Hall–Kier alpha value is -2.14. The lowest BCUT2D eigenvalue weighted by Gasteiger charge is -2.06. The zero-order valence-electron chi connectivity index (χ0n) is 13.2. The van der Waals surface area contributed by atoms with Crippen LogP contribution in [0.25, 0.3) is 11.1 Å². The molecule has 1 aromatic carbocycles. The van der Waals surface area contributed by atoms with Gasteiger partial charge in [-0.3, -0.25) is 9.59 Å². The molecule has 0 unspecified atom stereocenters. The minimum Gasteiger partial charge on any atom is -0.481 e. The fraction of sp³-hybridized carbons (Fsp3) is 0.333. The Morgan fingerprint density at radius 3 is 2.52 bits per heavy atom. The number of carboxylic acid groups (broad SMARTS) is 1. The zero-order chi connectivity index (χ0) is 16.7. The van der Waals surface area contributed by atoms with Crippen molar-refractivity contribution >= 4 is 23.2 Å². The number of carbonyl (C=O) groups excluding carboxylic acids is 1. The molecule has 2 aromatic rings. The van der Waals surface area contributed by atoms with Crippen LogP contribution in [0.5, 0.6) is 0 Å². The smallest absolute Gasteiger partial charge is 0.303 e. The summed E-state index contributed by atoms with van der Waals surface area (Å²) in [6.45, 7) is 2.61. The standard InChI is InChI=1S/C18H21NO3S/c1-13-6-8-14(9-7-13)15-10-12-23-17(15)18(22)19-11-4-2-3-5-16(20)21/h6-10,12H,2-5,11H2,1H3,(H,19,22)(H,20,21). The summed E-state index contributed by atoms with van der Waals surface area (Å²) in [5.74, 6) is -0.829. The van der Waals surface area contributed by atoms with Gasteiger partial charge in [0, 0.05) is 18.5 Å². The van der Waals surface area contributed by atoms with E-state index in [-0.39, 0.29) is 12.3 Å². The number of aryl methyl sites for hydroxylation is 1. The van der Waals surface area contributed by atoms with E-state index in [9.17, 15) is 9.59 Å². The molecule has 5 heteroatoms. The Balaban J connectivity index is 1.87. The number of amides is 1. The molecule has 1 heterocycles. The van der Waals surface area contributed by atoms with E-state index in [1.807, 2.05) is 42.6 Å². The monoisotopic (exact) mass is 331 g/mol. The lowest BCUT2D eigenvalue weighted by molar-refractivity contribution is -0.137. The first-order valence-corrected chi connectivity index (χ1v) is 8.60. The van der Waals surface area contributed by atoms with Gasteiger partial charge in [-0.1, -0.05) is 36.2 Å². The molecule has 1 aromatic heterocycles. The first-order valence-electron chi connectivity index (χ1n) is 7.72. The molecular formula is C18H21NO3S. The molecule has 0 aliphatic heterocycles. The van der Waals surface area contributed by atoms with Crippen molar-refractivity contribution in [3.63, 3.8) is 0 Å². The maximum absolute atomic E-state index is 12.3. The SMILES string of the molecule is Cc1ccc(-c2ccsc2C(=O)NCCCCCC(=O)O)cc1. The van der Waals surface area contributed by atoms with Crippen LogP contribution in [0.15, 0.2) is 35.7 Å². The molecule has 0 radical (unpaired) electrons. The molecular weight excluding hydrogens is 310 g/mol. The van der Waals surface area contributed by atoms with E-state index in [0.717, 1.165) is 28.8 Å². The fourth-order valence-electron chi connectivity index (χ4n) is 2.31. The maximum Gasteiger partial charge on any atom is 0.303 e. The van der Waals surface area contributed by atoms with Crippen molar-refractivity contribution in [2.24, 2.45) is 0 Å². The third kappa shape index (κ3) is 5.21. The van der Waals surface area contributed by atoms with Crippen molar-refractivity contribution in [1.82, 2.24) is 5.32 Å². The number of thiophene rings is 1. The van der Waals surface area contributed by atoms with Crippen LogP contribution in [0.3, 0.4) is 0 Å². The summed E-state index contributed by atoms with van der Waals surface area (Å²) in [4.78, 5) is 23.5. The summed E-state index contributed by atoms with van der Waals surface area (Å²) in [7, 11) is 0. The molecule has 4 nitrogen and oxygen atoms in total. The normalized spacial score (nSPS) is 10.5. The highest BCUT2D eigenvalue weighted by atomic mass is 32.1. The summed E-state index contributed by atoms with van der Waals surface area (Å²) in [6.07, 6.45) is 2.45. The average molecular weight is 331 g/mol. The van der Waals surface area contributed by atoms with Crippen molar-refractivity contribution in [3.05, 3.63) is 46.2 Å². The molecule has 2 N–H and O–H groups in total. The summed E-state index contributed by atoms with van der Waals surface area (Å²) in [6, 6.07) is 10.1. The molecule has 0 saturated carbocycles. The second kappa shape index (κ2) is 8.48. The van der Waals surface area contributed by atoms with Gasteiger partial charge < -0.3 is 10.4 Å². The van der Waals surface area contributed by atoms with Crippen LogP contribution in [0.1, 0.15) is 40.9 Å². The minimum absolute atomic E-state index is 0.0613. The quantitative estimate of drug-likeness (QED) is 0.716. The number of aliphatic carboxylic acids is 1. The van der Waals surface area contributed by atoms with Gasteiger partial charge in [-0.2, -0.15) is 0 Å². The summed E-state index contributed by atoms with van der Waals surface area (Å²) in [5.41, 5.74) is 3.19. The maximum atomic E-state index is 12.3. The molecule has 2 rings (SSSR count). The Bertz CT molecular complexity index is 661. The third-order valence-corrected chi connectivity index (χ3v) is 4.50. The Morgan fingerprint density at radius 1 is 1.09 bits per heavy atom. The Morgan fingerprint density at radius 2 is 1.83 bits per heavy atom. The number of benzene rings is 1. The average Bonchev–Trinajstić information content (AvgIpc) is 3.00. The van der Waals surface area contributed by atoms with E-state index >= 15 is 0 Å². The van der Waals surface area contributed by atoms with Crippen molar-refractivity contribution in [2.75, 3.05) is 6.54 Å². The van der Waals surface area contributed by atoms with Gasteiger partial charge in [0.15, 0.2) is 0 Å². The molecule has 0 atom stereocenters. The van der Waals surface area contributed by atoms with Gasteiger partial charge >= 0.3 is 5.97 Å². The zero-order valence-corrected chi connectivity index (χ0v) is 14.0. The van der Waals surface area contributed by atoms with E-state index in [1.165, 1.54) is 16.9 Å². The molecule has 0 bridgehead atoms. The van der Waals surface area contributed by atoms with E-state index in [2.05, 4.69) is 5.32 Å². The van der Waals surface area contributed by atoms with Gasteiger partial charge in [-0.25, -0.2) is 0 Å². The van der Waals surface area contributed by atoms with Gasteiger partial charge in [-0.05, 0) is 36.8 Å². The lowest BCUT2D eigenvalue weighted by atomic mass is 10.0. The highest BCUT2D eigenvalue weighted by Crippen LogP contribution is 2.28. The Kier molecular flexibility index (Phi) is 6.35. The highest BCUT2D eigenvalue weighted by molar-refractivity contribution is 7.12. The predicted molar refractivity (Wildman–Crippen MR) is 92.9 cm³/mol. The van der Waals surface area contributed by atoms with Gasteiger partial charge in [0.25, 0.3) is 5.91 Å². The van der Waals surface area contributed by atoms with Gasteiger partial charge in [0.1, 0.15) is 0 Å². The summed E-state index contributed by atoms with van der Waals surface area (Å²) < 4.78 is 0. The van der Waals surface area contributed by atoms with Crippen LogP contribution in [-0.4, -0.2) is 23.5 Å². The van der Waals surface area contributed by atoms with E-state index in [4.69, 9.17) is 5.11 Å². The number of hydrogen-bond acceptors (Lipinski definition) is 3. The number of unbranched alkanes of at least 4 members (excludes halogenated alkanes) is 2. The first-order chi connectivity index (χ1) is 11.1. The number of hydrogen-bond donors (Lipinski definition) is 2. The topological polar surface area (TPSA) is 66.4 Å². The molecule has 23 heavy (non-hydrogen) atoms. The van der Waals surface area contributed by atoms with Gasteiger partial charge in [0.05, 0.1) is 4.88 Å². The van der Waals surface area contributed by atoms with Crippen molar-refractivity contribution in [1.29, 1.82) is 0 Å². The Labute approximate surface area is 140 Å². The second-order valence-corrected chi connectivity index (χ2v) is 6.41. The second-order valence-electron chi connectivity index (χ2n) is 5.49. The van der Waals surface area contributed by atoms with Crippen LogP contribution < -0.4 is 5.32 Å². The minimum atomic E-state index is -0.768. The fourth-order valence-corrected chi connectivity index (χ4v) is 3.14. The molecule has 0 fully saturated rings. The first kappa shape index (κ1) is 17.2. The highest BCUT2D eigenvalue weighted by Gasteiger charge is 2.14. The van der Waals surface area contributed by atoms with Crippen LogP contribution in [0.4, 0.5) is 0 Å². The number of nitrogens with one attached hydrogen (secondary N) is 1. The summed E-state index contributed by atoms with van der Waals surface area (Å²) in [5, 5.41) is 13.4. The van der Waals surface area contributed by atoms with E-state index in [1.54, 1.807) is 0 Å². The number of carboxylic acids is 1. The van der Waals surface area contributed by atoms with Gasteiger partial charge in [-0.15, -0.1) is 11.3 Å².